The van der Waals surface area contributed by atoms with Crippen molar-refractivity contribution in [2.24, 2.45) is 5.10 Å². The summed E-state index contributed by atoms with van der Waals surface area (Å²) in [5.74, 6) is -1.38. The quantitative estimate of drug-likeness (QED) is 0.0560. The maximum atomic E-state index is 13.0. The number of hydrazone groups is 1. The molecule has 220 valence electrons. The predicted octanol–water partition coefficient (Wildman–Crippen LogP) is 7.77. The summed E-state index contributed by atoms with van der Waals surface area (Å²) in [5.41, 5.74) is 4.70. The number of hydrogen-bond acceptors (Lipinski definition) is 8. The Hall–Kier alpha value is -4.91. The van der Waals surface area contributed by atoms with E-state index in [2.05, 4.69) is 31.8 Å². The van der Waals surface area contributed by atoms with Gasteiger partial charge in [-0.1, -0.05) is 39.7 Å². The maximum absolute atomic E-state index is 13.0. The van der Waals surface area contributed by atoms with Gasteiger partial charge in [0.15, 0.2) is 0 Å². The van der Waals surface area contributed by atoms with Crippen LogP contribution in [0.4, 0.5) is 11.4 Å². The van der Waals surface area contributed by atoms with E-state index in [1.54, 1.807) is 18.2 Å². The molecular weight excluding hydrogens is 672 g/mol. The number of nitro benzene ring substituents is 1. The molecule has 10 nitrogen and oxygen atoms in total. The van der Waals surface area contributed by atoms with Crippen molar-refractivity contribution in [1.29, 1.82) is 0 Å². The lowest BCUT2D eigenvalue weighted by molar-refractivity contribution is -0.384. The summed E-state index contributed by atoms with van der Waals surface area (Å²) in [7, 11) is 0. The zero-order valence-corrected chi connectivity index (χ0v) is 25.8. The van der Waals surface area contributed by atoms with Crippen LogP contribution in [0, 0.1) is 17.0 Å². The van der Waals surface area contributed by atoms with Crippen LogP contribution in [0.3, 0.4) is 0 Å². The van der Waals surface area contributed by atoms with E-state index in [0.29, 0.717) is 20.7 Å². The summed E-state index contributed by atoms with van der Waals surface area (Å²) in [4.78, 5) is 48.7. The number of hydrogen-bond donors (Lipinski definition) is 2. The van der Waals surface area contributed by atoms with E-state index >= 15 is 0 Å². The van der Waals surface area contributed by atoms with Gasteiger partial charge in [0.1, 0.15) is 10.6 Å². The highest BCUT2D eigenvalue weighted by Crippen LogP contribution is 2.37. The minimum absolute atomic E-state index is 0.121. The second-order valence-corrected chi connectivity index (χ2v) is 11.7. The SMILES string of the molecule is Cc1ccc2c(Cl)c(C(=O)Oc3ccc(Br)cc3/C=N\NC(=O)c3ccc(NC(=O)c4ccc([N+](=O)[O-])cc4)cc3)sc2c1. The van der Waals surface area contributed by atoms with Gasteiger partial charge in [-0.05, 0) is 73.2 Å². The fourth-order valence-corrected chi connectivity index (χ4v) is 5.89. The topological polar surface area (TPSA) is 140 Å². The number of nitrogens with one attached hydrogen (secondary N) is 2. The Morgan fingerprint density at radius 1 is 0.955 bits per heavy atom. The lowest BCUT2D eigenvalue weighted by Gasteiger charge is -2.08. The van der Waals surface area contributed by atoms with Crippen LogP contribution < -0.4 is 15.5 Å². The molecule has 4 aromatic carbocycles. The zero-order chi connectivity index (χ0) is 31.4. The van der Waals surface area contributed by atoms with Crippen molar-refractivity contribution >= 4 is 84.3 Å². The monoisotopic (exact) mass is 690 g/mol. The van der Waals surface area contributed by atoms with E-state index < -0.39 is 22.7 Å². The van der Waals surface area contributed by atoms with Gasteiger partial charge in [-0.15, -0.1) is 11.3 Å². The first-order valence-electron chi connectivity index (χ1n) is 12.8. The molecule has 5 aromatic rings. The van der Waals surface area contributed by atoms with Gasteiger partial charge in [0, 0.05) is 49.1 Å². The fraction of sp³-hybridized carbons (Fsp3) is 0.0323. The first kappa shape index (κ1) is 30.5. The van der Waals surface area contributed by atoms with Crippen molar-refractivity contribution in [1.82, 2.24) is 5.43 Å². The molecule has 0 aliphatic carbocycles. The van der Waals surface area contributed by atoms with Gasteiger partial charge in [-0.25, -0.2) is 10.2 Å². The number of halogens is 2. The van der Waals surface area contributed by atoms with Crippen molar-refractivity contribution in [3.8, 4) is 5.75 Å². The molecule has 2 N–H and O–H groups in total. The first-order valence-corrected chi connectivity index (χ1v) is 14.8. The number of nitrogens with zero attached hydrogens (tertiary/aromatic N) is 2. The number of benzene rings is 4. The Balaban J connectivity index is 1.22. The average Bonchev–Trinajstić information content (AvgIpc) is 3.33. The van der Waals surface area contributed by atoms with Crippen molar-refractivity contribution < 1.29 is 24.0 Å². The van der Waals surface area contributed by atoms with Gasteiger partial charge in [0.25, 0.3) is 17.5 Å². The van der Waals surface area contributed by atoms with E-state index in [9.17, 15) is 24.5 Å². The third kappa shape index (κ3) is 7.00. The van der Waals surface area contributed by atoms with Gasteiger partial charge in [0.2, 0.25) is 0 Å². The molecule has 1 aromatic heterocycles. The standard InChI is InChI=1S/C31H20BrClN4O6S/c1-17-2-12-24-26(14-17)44-28(27(24)33)31(40)43-25-13-7-21(32)15-20(25)16-34-36-30(39)19-3-8-22(9-4-19)35-29(38)18-5-10-23(11-6-18)37(41)42/h2-16H,1H3,(H,35,38)(H,36,39)/b34-16-. The highest BCUT2D eigenvalue weighted by Gasteiger charge is 2.20. The number of nitro groups is 1. The van der Waals surface area contributed by atoms with E-state index in [1.807, 2.05) is 25.1 Å². The second kappa shape index (κ2) is 13.2. The third-order valence-corrected chi connectivity index (χ3v) is 8.39. The van der Waals surface area contributed by atoms with E-state index in [1.165, 1.54) is 66.1 Å². The van der Waals surface area contributed by atoms with Gasteiger partial charge < -0.3 is 10.1 Å². The van der Waals surface area contributed by atoms with Crippen LogP contribution in [0.2, 0.25) is 5.02 Å². The summed E-state index contributed by atoms with van der Waals surface area (Å²) in [6.45, 7) is 1.96. The molecule has 0 radical (unpaired) electrons. The maximum Gasteiger partial charge on any atom is 0.355 e. The molecule has 0 saturated carbocycles. The Bertz CT molecular complexity index is 1960. The van der Waals surface area contributed by atoms with Crippen molar-refractivity contribution in [3.63, 3.8) is 0 Å². The van der Waals surface area contributed by atoms with Gasteiger partial charge >= 0.3 is 5.97 Å². The van der Waals surface area contributed by atoms with Gasteiger partial charge in [0.05, 0.1) is 16.2 Å². The van der Waals surface area contributed by atoms with Crippen LogP contribution in [0.1, 0.15) is 41.5 Å². The Labute approximate surface area is 267 Å². The number of amides is 2. The number of aryl methyl sites for hydroxylation is 1. The van der Waals surface area contributed by atoms with Crippen molar-refractivity contribution in [2.75, 3.05) is 5.32 Å². The minimum Gasteiger partial charge on any atom is -0.422 e. The molecule has 44 heavy (non-hydrogen) atoms. The largest absolute Gasteiger partial charge is 0.422 e. The molecule has 0 bridgehead atoms. The summed E-state index contributed by atoms with van der Waals surface area (Å²) in [6, 6.07) is 22.0. The van der Waals surface area contributed by atoms with E-state index in [0.717, 1.165) is 15.6 Å². The van der Waals surface area contributed by atoms with Crippen LogP contribution in [0.25, 0.3) is 10.1 Å². The molecule has 0 unspecified atom stereocenters. The number of carbonyl (C=O) groups excluding carboxylic acids is 3. The van der Waals surface area contributed by atoms with E-state index in [4.69, 9.17) is 16.3 Å². The van der Waals surface area contributed by atoms with Crippen LogP contribution >= 0.6 is 38.9 Å². The Morgan fingerprint density at radius 3 is 2.34 bits per heavy atom. The Morgan fingerprint density at radius 2 is 1.64 bits per heavy atom. The highest BCUT2D eigenvalue weighted by molar-refractivity contribution is 9.10. The molecule has 0 aliphatic heterocycles. The average molecular weight is 692 g/mol. The van der Waals surface area contributed by atoms with Crippen LogP contribution in [-0.4, -0.2) is 28.9 Å². The number of non-ortho nitro benzene ring substituents is 1. The van der Waals surface area contributed by atoms with Crippen LogP contribution in [-0.2, 0) is 0 Å². The number of rotatable bonds is 8. The molecule has 0 aliphatic rings. The molecule has 0 spiro atoms. The number of fused-ring (bicyclic) bond motifs is 1. The first-order chi connectivity index (χ1) is 21.1. The number of carbonyl (C=O) groups is 3. The molecule has 13 heteroatoms. The number of thiophene rings is 1. The Kier molecular flexibility index (Phi) is 9.14. The summed E-state index contributed by atoms with van der Waals surface area (Å²) < 4.78 is 7.24. The number of esters is 1. The molecule has 5 rings (SSSR count). The normalized spacial score (nSPS) is 11.0. The van der Waals surface area contributed by atoms with Crippen LogP contribution in [0.15, 0.2) is 94.5 Å². The molecule has 0 fully saturated rings. The second-order valence-electron chi connectivity index (χ2n) is 9.35. The molecule has 2 amide bonds. The smallest absolute Gasteiger partial charge is 0.355 e. The number of ether oxygens (including phenoxy) is 1. The summed E-state index contributed by atoms with van der Waals surface area (Å²) in [5, 5.41) is 18.6. The van der Waals surface area contributed by atoms with Gasteiger partial charge in [-0.3, -0.25) is 19.7 Å². The van der Waals surface area contributed by atoms with Crippen LogP contribution in [0.5, 0.6) is 5.75 Å². The highest BCUT2D eigenvalue weighted by atomic mass is 79.9. The molecule has 0 saturated heterocycles. The molecule has 1 heterocycles. The molecular formula is C31H20BrClN4O6S. The summed E-state index contributed by atoms with van der Waals surface area (Å²) in [6.07, 6.45) is 1.35. The summed E-state index contributed by atoms with van der Waals surface area (Å²) >= 11 is 11.1. The van der Waals surface area contributed by atoms with Gasteiger partial charge in [-0.2, -0.15) is 5.10 Å². The number of anilines is 1. The third-order valence-electron chi connectivity index (χ3n) is 6.26. The lowest BCUT2D eigenvalue weighted by atomic mass is 10.1. The fourth-order valence-electron chi connectivity index (χ4n) is 4.03. The van der Waals surface area contributed by atoms with Crippen molar-refractivity contribution in [3.05, 3.63) is 132 Å². The minimum atomic E-state index is -0.615. The van der Waals surface area contributed by atoms with E-state index in [-0.39, 0.29) is 27.4 Å². The zero-order valence-electron chi connectivity index (χ0n) is 22.7. The predicted molar refractivity (Wildman–Crippen MR) is 173 cm³/mol. The molecule has 0 atom stereocenters. The van der Waals surface area contributed by atoms with Crippen molar-refractivity contribution in [2.45, 2.75) is 6.92 Å². The lowest BCUT2D eigenvalue weighted by Crippen LogP contribution is -2.18.